The van der Waals surface area contributed by atoms with Gasteiger partial charge in [0.2, 0.25) is 0 Å². The molecule has 0 heterocycles. The van der Waals surface area contributed by atoms with Crippen LogP contribution in [0.15, 0.2) is 21.6 Å². The second kappa shape index (κ2) is 5.11. The van der Waals surface area contributed by atoms with Crippen LogP contribution in [0.3, 0.4) is 0 Å². The van der Waals surface area contributed by atoms with Gasteiger partial charge < -0.3 is 10.5 Å². The average Bonchev–Trinajstić information content (AvgIpc) is 2.25. The van der Waals surface area contributed by atoms with Crippen molar-refractivity contribution in [1.29, 1.82) is 0 Å². The van der Waals surface area contributed by atoms with Gasteiger partial charge >= 0.3 is 0 Å². The molecule has 0 aliphatic rings. The second-order valence-corrected chi connectivity index (χ2v) is 3.73. The number of nitrogens with two attached hydrogens (primary N) is 1. The van der Waals surface area contributed by atoms with E-state index in [1.165, 1.54) is 7.11 Å². The Morgan fingerprint density at radius 2 is 2.27 bits per heavy atom. The highest BCUT2D eigenvalue weighted by Crippen LogP contribution is 2.29. The van der Waals surface area contributed by atoms with Crippen molar-refractivity contribution in [2.75, 3.05) is 7.11 Å². The standard InChI is InChI=1S/C10H12BrFN2O/c1-3-6-4-5-7(11)8(12)9(6)14-10(13)15-2/h4-5H,3H2,1-2H3,(H2,13,14). The van der Waals surface area contributed by atoms with Crippen LogP contribution in [-0.4, -0.2) is 13.1 Å². The highest BCUT2D eigenvalue weighted by Gasteiger charge is 2.11. The zero-order valence-corrected chi connectivity index (χ0v) is 10.1. The van der Waals surface area contributed by atoms with Crippen LogP contribution in [-0.2, 0) is 11.2 Å². The first-order chi connectivity index (χ1) is 7.10. The Hall–Kier alpha value is -1.10. The Morgan fingerprint density at radius 1 is 1.60 bits per heavy atom. The summed E-state index contributed by atoms with van der Waals surface area (Å²) in [6.07, 6.45) is 0.681. The van der Waals surface area contributed by atoms with Crippen LogP contribution >= 0.6 is 15.9 Å². The molecule has 0 bridgehead atoms. The van der Waals surface area contributed by atoms with Crippen LogP contribution in [0.2, 0.25) is 0 Å². The van der Waals surface area contributed by atoms with Gasteiger partial charge in [-0.1, -0.05) is 13.0 Å². The minimum atomic E-state index is -0.422. The highest BCUT2D eigenvalue weighted by atomic mass is 79.9. The molecule has 0 spiro atoms. The van der Waals surface area contributed by atoms with E-state index in [2.05, 4.69) is 20.9 Å². The van der Waals surface area contributed by atoms with Crippen molar-refractivity contribution in [2.45, 2.75) is 13.3 Å². The van der Waals surface area contributed by atoms with Gasteiger partial charge in [0.15, 0.2) is 5.82 Å². The van der Waals surface area contributed by atoms with Gasteiger partial charge in [-0.25, -0.2) is 4.39 Å². The largest absolute Gasteiger partial charge is 0.469 e. The quantitative estimate of drug-likeness (QED) is 0.666. The molecule has 1 aromatic rings. The lowest BCUT2D eigenvalue weighted by Gasteiger charge is -2.06. The fraction of sp³-hybridized carbons (Fsp3) is 0.300. The van der Waals surface area contributed by atoms with Crippen LogP contribution in [0.4, 0.5) is 10.1 Å². The molecule has 82 valence electrons. The Morgan fingerprint density at radius 3 is 2.80 bits per heavy atom. The summed E-state index contributed by atoms with van der Waals surface area (Å²) in [4.78, 5) is 3.88. The van der Waals surface area contributed by atoms with Crippen LogP contribution in [0.25, 0.3) is 0 Å². The van der Waals surface area contributed by atoms with Crippen LogP contribution < -0.4 is 5.73 Å². The molecule has 0 aromatic heterocycles. The van der Waals surface area contributed by atoms with Gasteiger partial charge in [-0.3, -0.25) is 0 Å². The van der Waals surface area contributed by atoms with E-state index in [4.69, 9.17) is 10.5 Å². The molecule has 0 saturated carbocycles. The summed E-state index contributed by atoms with van der Waals surface area (Å²) in [5, 5.41) is 0. The predicted octanol–water partition coefficient (Wildman–Crippen LogP) is 2.74. The lowest BCUT2D eigenvalue weighted by atomic mass is 10.1. The number of rotatable bonds is 2. The van der Waals surface area contributed by atoms with E-state index in [1.54, 1.807) is 12.1 Å². The number of amidine groups is 1. The smallest absolute Gasteiger partial charge is 0.287 e. The maximum absolute atomic E-state index is 13.7. The van der Waals surface area contributed by atoms with Crippen LogP contribution in [0.5, 0.6) is 0 Å². The van der Waals surface area contributed by atoms with E-state index < -0.39 is 5.82 Å². The Labute approximate surface area is 96.3 Å². The van der Waals surface area contributed by atoms with E-state index in [9.17, 15) is 4.39 Å². The molecular formula is C10H12BrFN2O. The molecular weight excluding hydrogens is 263 g/mol. The highest BCUT2D eigenvalue weighted by molar-refractivity contribution is 9.10. The summed E-state index contributed by atoms with van der Waals surface area (Å²) in [7, 11) is 1.39. The van der Waals surface area contributed by atoms with Gasteiger partial charge in [0.1, 0.15) is 5.69 Å². The Balaban J connectivity index is 3.30. The maximum atomic E-state index is 13.7. The summed E-state index contributed by atoms with van der Waals surface area (Å²) < 4.78 is 18.7. The molecule has 5 heteroatoms. The molecule has 15 heavy (non-hydrogen) atoms. The minimum absolute atomic E-state index is 0.0540. The molecule has 2 N–H and O–H groups in total. The van der Waals surface area contributed by atoms with Crippen LogP contribution in [0.1, 0.15) is 12.5 Å². The first-order valence-electron chi connectivity index (χ1n) is 4.45. The number of aryl methyl sites for hydroxylation is 1. The zero-order valence-electron chi connectivity index (χ0n) is 8.55. The van der Waals surface area contributed by atoms with E-state index in [-0.39, 0.29) is 11.7 Å². The summed E-state index contributed by atoms with van der Waals surface area (Å²) >= 11 is 3.10. The number of ether oxygens (including phenoxy) is 1. The molecule has 1 aromatic carbocycles. The SMILES string of the molecule is CCc1ccc(Br)c(F)c1N=C(N)OC. The van der Waals surface area contributed by atoms with Crippen molar-refractivity contribution in [3.63, 3.8) is 0 Å². The topological polar surface area (TPSA) is 47.6 Å². The summed E-state index contributed by atoms with van der Waals surface area (Å²) in [6.45, 7) is 1.92. The third kappa shape index (κ3) is 2.68. The zero-order chi connectivity index (χ0) is 11.4. The minimum Gasteiger partial charge on any atom is -0.469 e. The lowest BCUT2D eigenvalue weighted by Crippen LogP contribution is -2.13. The average molecular weight is 275 g/mol. The van der Waals surface area contributed by atoms with Gasteiger partial charge in [-0.15, -0.1) is 0 Å². The second-order valence-electron chi connectivity index (χ2n) is 2.88. The van der Waals surface area contributed by atoms with Gasteiger partial charge in [-0.2, -0.15) is 4.99 Å². The van der Waals surface area contributed by atoms with Crippen molar-refractivity contribution in [2.24, 2.45) is 10.7 Å². The fourth-order valence-corrected chi connectivity index (χ4v) is 1.46. The number of hydrogen-bond donors (Lipinski definition) is 1. The molecule has 0 aliphatic heterocycles. The Kier molecular flexibility index (Phi) is 4.08. The van der Waals surface area contributed by atoms with Crippen molar-refractivity contribution in [3.05, 3.63) is 28.0 Å². The normalized spacial score (nSPS) is 11.6. The molecule has 0 aliphatic carbocycles. The van der Waals surface area contributed by atoms with Gasteiger partial charge in [0, 0.05) is 0 Å². The first kappa shape index (κ1) is 12.0. The predicted molar refractivity (Wildman–Crippen MR) is 61.8 cm³/mol. The number of methoxy groups -OCH3 is 1. The van der Waals surface area contributed by atoms with Crippen molar-refractivity contribution >= 4 is 27.6 Å². The number of hydrogen-bond acceptors (Lipinski definition) is 2. The molecule has 3 nitrogen and oxygen atoms in total. The number of halogens is 2. The van der Waals surface area contributed by atoms with Crippen LogP contribution in [0, 0.1) is 5.82 Å². The number of nitrogens with zero attached hydrogens (tertiary/aromatic N) is 1. The summed E-state index contributed by atoms with van der Waals surface area (Å²) in [5.41, 5.74) is 6.41. The van der Waals surface area contributed by atoms with Gasteiger partial charge in [0.25, 0.3) is 6.02 Å². The molecule has 0 unspecified atom stereocenters. The van der Waals surface area contributed by atoms with Gasteiger partial charge in [0.05, 0.1) is 11.6 Å². The van der Waals surface area contributed by atoms with E-state index in [0.717, 1.165) is 5.56 Å². The number of aliphatic imine (C=N–C) groups is 1. The van der Waals surface area contributed by atoms with Crippen molar-refractivity contribution in [1.82, 2.24) is 0 Å². The van der Waals surface area contributed by atoms with Crippen molar-refractivity contribution < 1.29 is 9.13 Å². The Bertz CT molecular complexity index is 393. The molecule has 0 atom stereocenters. The van der Waals surface area contributed by atoms with E-state index >= 15 is 0 Å². The molecule has 0 fully saturated rings. The third-order valence-corrected chi connectivity index (χ3v) is 2.58. The molecule has 0 saturated heterocycles. The molecule has 0 radical (unpaired) electrons. The van der Waals surface area contributed by atoms with Gasteiger partial charge in [-0.05, 0) is 34.0 Å². The van der Waals surface area contributed by atoms with E-state index in [1.807, 2.05) is 6.92 Å². The molecule has 1 rings (SSSR count). The summed E-state index contributed by atoms with van der Waals surface area (Å²) in [5.74, 6) is -0.422. The monoisotopic (exact) mass is 274 g/mol. The van der Waals surface area contributed by atoms with Crippen molar-refractivity contribution in [3.8, 4) is 0 Å². The summed E-state index contributed by atoms with van der Waals surface area (Å²) in [6, 6.07) is 3.40. The molecule has 0 amide bonds. The third-order valence-electron chi connectivity index (χ3n) is 1.96. The maximum Gasteiger partial charge on any atom is 0.287 e. The van der Waals surface area contributed by atoms with E-state index in [0.29, 0.717) is 10.9 Å². The fourth-order valence-electron chi connectivity index (χ4n) is 1.14. The lowest BCUT2D eigenvalue weighted by molar-refractivity contribution is 0.396. The number of benzene rings is 1. The first-order valence-corrected chi connectivity index (χ1v) is 5.24.